The van der Waals surface area contributed by atoms with Crippen molar-refractivity contribution >= 4 is 40.0 Å². The van der Waals surface area contributed by atoms with Gasteiger partial charge in [0.1, 0.15) is 33.8 Å². The van der Waals surface area contributed by atoms with E-state index in [-0.39, 0.29) is 24.3 Å². The molecule has 2 aliphatic carbocycles. The van der Waals surface area contributed by atoms with E-state index in [4.69, 9.17) is 19.2 Å². The average Bonchev–Trinajstić information content (AvgIpc) is 3.36. The number of amides is 2. The van der Waals surface area contributed by atoms with Crippen molar-refractivity contribution in [3.8, 4) is 22.2 Å². The zero-order chi connectivity index (χ0) is 33.7. The number of benzene rings is 1. The van der Waals surface area contributed by atoms with Crippen molar-refractivity contribution < 1.29 is 28.6 Å². The molecule has 1 N–H and O–H groups in total. The Labute approximate surface area is 280 Å². The van der Waals surface area contributed by atoms with Gasteiger partial charge in [-0.3, -0.25) is 9.59 Å². The number of ether oxygens (including phenoxy) is 3. The van der Waals surface area contributed by atoms with E-state index in [1.807, 2.05) is 36.6 Å². The molecule has 1 aromatic carbocycles. The van der Waals surface area contributed by atoms with Crippen molar-refractivity contribution in [3.05, 3.63) is 60.6 Å². The van der Waals surface area contributed by atoms with E-state index < -0.39 is 29.4 Å². The predicted octanol–water partition coefficient (Wildman–Crippen LogP) is 5.89. The molecule has 47 heavy (non-hydrogen) atoms. The largest absolute Gasteiger partial charge is 0.496 e. The number of esters is 1. The van der Waals surface area contributed by atoms with Crippen LogP contribution in [0.15, 0.2) is 55.1 Å². The van der Waals surface area contributed by atoms with Crippen LogP contribution < -0.4 is 14.8 Å². The summed E-state index contributed by atoms with van der Waals surface area (Å²) in [6.07, 6.45) is 8.52. The molecule has 2 aliphatic rings. The first-order valence-electron chi connectivity index (χ1n) is 16.2. The Bertz CT molecular complexity index is 1640. The number of methoxy groups -OCH3 is 1. The number of carbonyl (C=O) groups is 3. The van der Waals surface area contributed by atoms with Crippen LogP contribution in [0, 0.1) is 24.7 Å². The summed E-state index contributed by atoms with van der Waals surface area (Å²) in [4.78, 5) is 52.0. The summed E-state index contributed by atoms with van der Waals surface area (Å²) in [7, 11) is 3.40. The van der Waals surface area contributed by atoms with Crippen molar-refractivity contribution in [2.24, 2.45) is 17.8 Å². The van der Waals surface area contributed by atoms with Gasteiger partial charge in [0.05, 0.1) is 31.1 Å². The molecule has 0 spiro atoms. The number of pyridine rings is 1. The van der Waals surface area contributed by atoms with E-state index in [1.54, 1.807) is 38.3 Å². The highest BCUT2D eigenvalue weighted by molar-refractivity contribution is 7.13. The quantitative estimate of drug-likeness (QED) is 0.122. The molecule has 2 saturated carbocycles. The number of fused-ring (bicyclic) bond motifs is 1. The Morgan fingerprint density at radius 1 is 1.17 bits per heavy atom. The fourth-order valence-electron chi connectivity index (χ4n) is 6.59. The molecule has 0 bridgehead atoms. The maximum absolute atomic E-state index is 14.0. The van der Waals surface area contributed by atoms with Crippen molar-refractivity contribution in [2.75, 3.05) is 27.3 Å². The van der Waals surface area contributed by atoms with E-state index in [9.17, 15) is 14.4 Å². The second-order valence-corrected chi connectivity index (χ2v) is 13.2. The van der Waals surface area contributed by atoms with Crippen molar-refractivity contribution in [2.45, 2.75) is 64.0 Å². The first-order chi connectivity index (χ1) is 22.7. The number of unbranched alkanes of at least 4 members (excludes halogenated alkanes) is 2. The van der Waals surface area contributed by atoms with Gasteiger partial charge in [-0.2, -0.15) is 0 Å². The Morgan fingerprint density at radius 3 is 2.62 bits per heavy atom. The number of nitrogens with one attached hydrogen (secondary N) is 1. The van der Waals surface area contributed by atoms with Crippen LogP contribution in [0.25, 0.3) is 21.6 Å². The van der Waals surface area contributed by atoms with Crippen molar-refractivity contribution in [3.63, 3.8) is 0 Å². The Kier molecular flexibility index (Phi) is 10.6. The predicted molar refractivity (Wildman–Crippen MR) is 182 cm³/mol. The molecule has 2 fully saturated rings. The van der Waals surface area contributed by atoms with Gasteiger partial charge in [0.25, 0.3) is 0 Å². The van der Waals surface area contributed by atoms with Crippen LogP contribution in [0.4, 0.5) is 0 Å². The molecule has 250 valence electrons. The third-order valence-electron chi connectivity index (χ3n) is 9.30. The summed E-state index contributed by atoms with van der Waals surface area (Å²) in [6, 6.07) is 5.67. The lowest BCUT2D eigenvalue weighted by Gasteiger charge is -2.26. The maximum Gasteiger partial charge on any atom is 0.332 e. The summed E-state index contributed by atoms with van der Waals surface area (Å²) >= 11 is 1.48. The van der Waals surface area contributed by atoms with Crippen molar-refractivity contribution in [1.29, 1.82) is 0 Å². The molecule has 5 atom stereocenters. The van der Waals surface area contributed by atoms with E-state index in [0.29, 0.717) is 43.0 Å². The van der Waals surface area contributed by atoms with Gasteiger partial charge < -0.3 is 24.4 Å². The first kappa shape index (κ1) is 34.1. The smallest absolute Gasteiger partial charge is 0.332 e. The van der Waals surface area contributed by atoms with Crippen LogP contribution in [0.3, 0.4) is 0 Å². The molecule has 0 saturated heterocycles. The molecule has 2 aromatic heterocycles. The minimum absolute atomic E-state index is 0.111. The van der Waals surface area contributed by atoms with Gasteiger partial charge in [-0.25, -0.2) is 14.8 Å². The highest BCUT2D eigenvalue weighted by Crippen LogP contribution is 2.47. The molecule has 3 aromatic rings. The SMILES string of the molecule is C=CCCCCN(C)C(=O)[C@@H]1C[C@H](Oc2cc(-c3nccs3)nc3c(C)c(OC)ccc23)C[C@H]1C(=O)N[C@]1(C(=O)OCC)C[C@H]1C=C. The molecule has 0 aliphatic heterocycles. The monoisotopic (exact) mass is 660 g/mol. The number of hydrogen-bond acceptors (Lipinski definition) is 9. The summed E-state index contributed by atoms with van der Waals surface area (Å²) in [5.41, 5.74) is 1.11. The summed E-state index contributed by atoms with van der Waals surface area (Å²) in [5, 5.41) is 6.43. The molecule has 0 radical (unpaired) electrons. The van der Waals surface area contributed by atoms with Gasteiger partial charge >= 0.3 is 5.97 Å². The first-order valence-corrected chi connectivity index (χ1v) is 17.1. The lowest BCUT2D eigenvalue weighted by molar-refractivity contribution is -0.150. The molecule has 11 heteroatoms. The number of nitrogens with zero attached hydrogens (tertiary/aromatic N) is 3. The van der Waals surface area contributed by atoms with E-state index in [0.717, 1.165) is 40.7 Å². The van der Waals surface area contributed by atoms with E-state index in [1.165, 1.54) is 11.3 Å². The molecular weight excluding hydrogens is 616 g/mol. The van der Waals surface area contributed by atoms with Crippen LogP contribution in [0.5, 0.6) is 11.5 Å². The number of aromatic nitrogens is 2. The van der Waals surface area contributed by atoms with Crippen LogP contribution >= 0.6 is 11.3 Å². The summed E-state index contributed by atoms with van der Waals surface area (Å²) in [5.74, 6) is -1.19. The lowest BCUT2D eigenvalue weighted by atomic mass is 9.93. The highest BCUT2D eigenvalue weighted by atomic mass is 32.1. The molecular formula is C36H44N4O6S. The van der Waals surface area contributed by atoms with E-state index in [2.05, 4.69) is 23.5 Å². The summed E-state index contributed by atoms with van der Waals surface area (Å²) in [6.45, 7) is 12.1. The fraction of sp³-hybridized carbons (Fsp3) is 0.472. The number of rotatable bonds is 15. The van der Waals surface area contributed by atoms with Gasteiger partial charge in [-0.1, -0.05) is 12.2 Å². The fourth-order valence-corrected chi connectivity index (χ4v) is 7.19. The lowest BCUT2D eigenvalue weighted by Crippen LogP contribution is -2.50. The number of allylic oxidation sites excluding steroid dienone is 1. The van der Waals surface area contributed by atoms with Gasteiger partial charge in [0.2, 0.25) is 11.8 Å². The number of aryl methyl sites for hydroxylation is 1. The Hall–Kier alpha value is -4.25. The van der Waals surface area contributed by atoms with E-state index >= 15 is 0 Å². The topological polar surface area (TPSA) is 120 Å². The zero-order valence-electron chi connectivity index (χ0n) is 27.6. The average molecular weight is 661 g/mol. The number of carbonyl (C=O) groups excluding carboxylic acids is 3. The van der Waals surface area contributed by atoms with Gasteiger partial charge in [0, 0.05) is 48.1 Å². The molecule has 10 nitrogen and oxygen atoms in total. The van der Waals surface area contributed by atoms with Crippen LogP contribution in [0.2, 0.25) is 0 Å². The van der Waals surface area contributed by atoms with Gasteiger partial charge in [-0.05, 0) is 64.5 Å². The third-order valence-corrected chi connectivity index (χ3v) is 10.1. The minimum atomic E-state index is -1.15. The van der Waals surface area contributed by atoms with Crippen LogP contribution in [-0.4, -0.2) is 71.6 Å². The van der Waals surface area contributed by atoms with Gasteiger partial charge in [0.15, 0.2) is 0 Å². The van der Waals surface area contributed by atoms with Crippen molar-refractivity contribution in [1.82, 2.24) is 20.2 Å². The number of thiazole rings is 1. The molecule has 0 unspecified atom stereocenters. The van der Waals surface area contributed by atoms with Crippen LogP contribution in [-0.2, 0) is 19.1 Å². The number of hydrogen-bond donors (Lipinski definition) is 1. The molecule has 2 amide bonds. The Morgan fingerprint density at radius 2 is 1.96 bits per heavy atom. The molecule has 5 rings (SSSR count). The third kappa shape index (κ3) is 7.05. The molecule has 2 heterocycles. The zero-order valence-corrected chi connectivity index (χ0v) is 28.4. The second-order valence-electron chi connectivity index (χ2n) is 12.3. The Balaban J connectivity index is 1.45. The normalized spacial score (nSPS) is 23.1. The minimum Gasteiger partial charge on any atom is -0.496 e. The standard InChI is InChI=1S/C36H44N4O6S/c1-7-10-11-12-16-40(5)34(42)27-19-24(18-26(27)32(41)39-36(21-23(36)8-2)35(43)45-9-3)46-30-20-28(33-37-15-17-47-33)38-31-22(4)29(44-6)14-13-25(30)31/h7-8,13-15,17,20,23-24,26-27H,1-2,9-12,16,18-19,21H2,3-6H3,(H,39,41)/t23-,24-,26-,27-,36-/m1/s1. The van der Waals surface area contributed by atoms with Gasteiger partial charge in [-0.15, -0.1) is 24.5 Å². The van der Waals surface area contributed by atoms with Crippen LogP contribution in [0.1, 0.15) is 51.0 Å². The second kappa shape index (κ2) is 14.7. The summed E-state index contributed by atoms with van der Waals surface area (Å²) < 4.78 is 17.6. The highest BCUT2D eigenvalue weighted by Gasteiger charge is 2.62. The maximum atomic E-state index is 14.0.